The van der Waals surface area contributed by atoms with Crippen LogP contribution in [0.25, 0.3) is 0 Å². The molecule has 2 aliphatic carbocycles. The molecule has 2 nitrogen and oxygen atoms in total. The average Bonchev–Trinajstić information content (AvgIpc) is 2.70. The summed E-state index contributed by atoms with van der Waals surface area (Å²) in [4.78, 5) is 2.79. The van der Waals surface area contributed by atoms with Gasteiger partial charge in [0, 0.05) is 18.0 Å². The third-order valence-electron chi connectivity index (χ3n) is 7.39. The third kappa shape index (κ3) is 3.13. The number of halogens is 1. The van der Waals surface area contributed by atoms with Crippen LogP contribution in [-0.4, -0.2) is 24.6 Å². The monoisotopic (exact) mass is 427 g/mol. The fourth-order valence-electron chi connectivity index (χ4n) is 6.20. The number of ether oxygens (including phenoxy) is 1. The normalized spacial score (nSPS) is 29.2. The van der Waals surface area contributed by atoms with Gasteiger partial charge in [0.15, 0.2) is 0 Å². The van der Waals surface area contributed by atoms with Crippen molar-refractivity contribution in [3.63, 3.8) is 0 Å². The van der Waals surface area contributed by atoms with E-state index in [1.165, 1.54) is 50.6 Å². The molecule has 3 heteroatoms. The molecule has 1 heterocycles. The summed E-state index contributed by atoms with van der Waals surface area (Å²) in [5, 5.41) is 0. The van der Waals surface area contributed by atoms with Gasteiger partial charge in [0.25, 0.3) is 0 Å². The average molecular weight is 428 g/mol. The van der Waals surface area contributed by atoms with Crippen LogP contribution in [0.15, 0.2) is 48.5 Å². The highest BCUT2D eigenvalue weighted by atomic mass is 79.9. The molecule has 1 saturated heterocycles. The molecule has 0 amide bonds. The van der Waals surface area contributed by atoms with E-state index in [0.717, 1.165) is 18.2 Å². The summed E-state index contributed by atoms with van der Waals surface area (Å²) in [6, 6.07) is 18.6. The molecule has 2 aromatic rings. The molecule has 2 aromatic carbocycles. The van der Waals surface area contributed by atoms with Gasteiger partial charge < -0.3 is 4.74 Å². The SMILES string of the molecule is Br.COc1ccc2c(c1)[C@@]13CCCC[C@H]1[C@@H](C2)N(Cc1ccccc1)CC3. The lowest BCUT2D eigenvalue weighted by atomic mass is 9.52. The molecular formula is C24H30BrNO. The zero-order chi connectivity index (χ0) is 17.6. The number of methoxy groups -OCH3 is 1. The molecule has 0 unspecified atom stereocenters. The van der Waals surface area contributed by atoms with Gasteiger partial charge >= 0.3 is 0 Å². The van der Waals surface area contributed by atoms with E-state index < -0.39 is 0 Å². The van der Waals surface area contributed by atoms with Gasteiger partial charge in [0.2, 0.25) is 0 Å². The highest BCUT2D eigenvalue weighted by molar-refractivity contribution is 8.93. The number of benzene rings is 2. The van der Waals surface area contributed by atoms with Crippen molar-refractivity contribution in [1.29, 1.82) is 0 Å². The second kappa shape index (κ2) is 7.60. The lowest BCUT2D eigenvalue weighted by Gasteiger charge is -2.59. The molecule has 0 radical (unpaired) electrons. The van der Waals surface area contributed by atoms with E-state index in [-0.39, 0.29) is 17.0 Å². The quantitative estimate of drug-likeness (QED) is 0.637. The maximum absolute atomic E-state index is 5.58. The number of piperidine rings is 1. The summed E-state index contributed by atoms with van der Waals surface area (Å²) in [6.07, 6.45) is 8.07. The lowest BCUT2D eigenvalue weighted by molar-refractivity contribution is -0.0157. The molecule has 0 spiro atoms. The summed E-state index contributed by atoms with van der Waals surface area (Å²) in [5.74, 6) is 1.85. The molecule has 27 heavy (non-hydrogen) atoms. The highest BCUT2D eigenvalue weighted by Crippen LogP contribution is 2.56. The zero-order valence-corrected chi connectivity index (χ0v) is 17.9. The van der Waals surface area contributed by atoms with E-state index in [0.29, 0.717) is 11.5 Å². The van der Waals surface area contributed by atoms with Gasteiger partial charge in [-0.15, -0.1) is 17.0 Å². The number of rotatable bonds is 3. The number of fused-ring (bicyclic) bond motifs is 1. The van der Waals surface area contributed by atoms with E-state index in [2.05, 4.69) is 53.4 Å². The van der Waals surface area contributed by atoms with Crippen LogP contribution >= 0.6 is 17.0 Å². The van der Waals surface area contributed by atoms with Crippen molar-refractivity contribution in [3.8, 4) is 5.75 Å². The maximum atomic E-state index is 5.58. The van der Waals surface area contributed by atoms with Crippen LogP contribution in [-0.2, 0) is 18.4 Å². The molecule has 0 N–H and O–H groups in total. The Bertz CT molecular complexity index is 792. The van der Waals surface area contributed by atoms with Crippen molar-refractivity contribution in [2.24, 2.45) is 5.92 Å². The van der Waals surface area contributed by atoms with Crippen LogP contribution in [0.4, 0.5) is 0 Å². The van der Waals surface area contributed by atoms with Gasteiger partial charge in [-0.1, -0.05) is 49.2 Å². The molecule has 3 atom stereocenters. The number of hydrogen-bond acceptors (Lipinski definition) is 2. The molecule has 2 bridgehead atoms. The predicted octanol–water partition coefficient (Wildman–Crippen LogP) is 5.53. The largest absolute Gasteiger partial charge is 0.497 e. The minimum Gasteiger partial charge on any atom is -0.497 e. The van der Waals surface area contributed by atoms with Crippen LogP contribution in [0.5, 0.6) is 5.75 Å². The van der Waals surface area contributed by atoms with Gasteiger partial charge in [0.1, 0.15) is 5.75 Å². The van der Waals surface area contributed by atoms with Gasteiger partial charge in [-0.05, 0) is 67.0 Å². The first-order valence-electron chi connectivity index (χ1n) is 10.3. The molecule has 3 aliphatic rings. The highest BCUT2D eigenvalue weighted by Gasteiger charge is 2.53. The second-order valence-electron chi connectivity index (χ2n) is 8.51. The molecular weight excluding hydrogens is 398 g/mol. The van der Waals surface area contributed by atoms with Crippen molar-refractivity contribution in [3.05, 3.63) is 65.2 Å². The first-order valence-corrected chi connectivity index (χ1v) is 10.3. The molecule has 5 rings (SSSR count). The van der Waals surface area contributed by atoms with E-state index in [1.807, 2.05) is 0 Å². The molecule has 1 aliphatic heterocycles. The third-order valence-corrected chi connectivity index (χ3v) is 7.39. The number of hydrogen-bond donors (Lipinski definition) is 0. The Hall–Kier alpha value is -1.32. The van der Waals surface area contributed by atoms with Crippen molar-refractivity contribution in [1.82, 2.24) is 4.90 Å². The molecule has 2 fully saturated rings. The van der Waals surface area contributed by atoms with E-state index in [4.69, 9.17) is 4.74 Å². The fraction of sp³-hybridized carbons (Fsp3) is 0.500. The Morgan fingerprint density at radius 2 is 1.93 bits per heavy atom. The summed E-state index contributed by atoms with van der Waals surface area (Å²) >= 11 is 0. The Labute approximate surface area is 173 Å². The number of likely N-dealkylation sites (tertiary alicyclic amines) is 1. The Morgan fingerprint density at radius 1 is 1.07 bits per heavy atom. The first-order chi connectivity index (χ1) is 12.8. The lowest BCUT2D eigenvalue weighted by Crippen LogP contribution is -2.60. The van der Waals surface area contributed by atoms with E-state index in [9.17, 15) is 0 Å². The Kier molecular flexibility index (Phi) is 5.35. The van der Waals surface area contributed by atoms with Crippen LogP contribution in [0.3, 0.4) is 0 Å². The van der Waals surface area contributed by atoms with Crippen molar-refractivity contribution in [2.45, 2.75) is 56.5 Å². The van der Waals surface area contributed by atoms with Crippen LogP contribution in [0, 0.1) is 5.92 Å². The van der Waals surface area contributed by atoms with Gasteiger partial charge in [-0.25, -0.2) is 0 Å². The summed E-state index contributed by atoms with van der Waals surface area (Å²) in [6.45, 7) is 2.33. The van der Waals surface area contributed by atoms with Crippen LogP contribution in [0.2, 0.25) is 0 Å². The maximum Gasteiger partial charge on any atom is 0.119 e. The standard InChI is InChI=1S/C24H29NO.BrH/c1-26-20-11-10-19-15-23-21-9-5-6-12-24(21,22(19)16-20)13-14-25(23)17-18-7-3-2-4-8-18;/h2-4,7-8,10-11,16,21,23H,5-6,9,12-15,17H2,1H3;1H/t21-,23+,24+;/m0./s1. The van der Waals surface area contributed by atoms with Crippen molar-refractivity contribution in [2.75, 3.05) is 13.7 Å². The fourth-order valence-corrected chi connectivity index (χ4v) is 6.20. The summed E-state index contributed by atoms with van der Waals surface area (Å²) in [5.41, 5.74) is 5.05. The van der Waals surface area contributed by atoms with E-state index in [1.54, 1.807) is 18.2 Å². The topological polar surface area (TPSA) is 12.5 Å². The van der Waals surface area contributed by atoms with Gasteiger partial charge in [0.05, 0.1) is 7.11 Å². The van der Waals surface area contributed by atoms with Gasteiger partial charge in [-0.3, -0.25) is 4.90 Å². The van der Waals surface area contributed by atoms with Gasteiger partial charge in [-0.2, -0.15) is 0 Å². The van der Waals surface area contributed by atoms with Crippen molar-refractivity contribution < 1.29 is 4.74 Å². The minimum atomic E-state index is 0. The van der Waals surface area contributed by atoms with E-state index >= 15 is 0 Å². The number of nitrogens with zero attached hydrogens (tertiary/aromatic N) is 1. The molecule has 0 aromatic heterocycles. The first kappa shape index (κ1) is 19.0. The summed E-state index contributed by atoms with van der Waals surface area (Å²) in [7, 11) is 1.80. The minimum absolute atomic E-state index is 0. The van der Waals surface area contributed by atoms with Crippen molar-refractivity contribution >= 4 is 17.0 Å². The predicted molar refractivity (Wildman–Crippen MR) is 116 cm³/mol. The smallest absolute Gasteiger partial charge is 0.119 e. The van der Waals surface area contributed by atoms with Crippen LogP contribution < -0.4 is 4.74 Å². The second-order valence-corrected chi connectivity index (χ2v) is 8.51. The zero-order valence-electron chi connectivity index (χ0n) is 16.2. The summed E-state index contributed by atoms with van der Waals surface area (Å²) < 4.78 is 5.58. The van der Waals surface area contributed by atoms with Crippen LogP contribution in [0.1, 0.15) is 48.8 Å². The molecule has 144 valence electrons. The Morgan fingerprint density at radius 3 is 2.74 bits per heavy atom. The molecule has 1 saturated carbocycles. The Balaban J connectivity index is 0.00000180.